The topological polar surface area (TPSA) is 72.9 Å². The van der Waals surface area contributed by atoms with Gasteiger partial charge in [-0.05, 0) is 27.4 Å². The summed E-state index contributed by atoms with van der Waals surface area (Å²) < 4.78 is 0. The summed E-state index contributed by atoms with van der Waals surface area (Å²) in [4.78, 5) is 28.2. The summed E-state index contributed by atoms with van der Waals surface area (Å²) in [5, 5.41) is 12.6. The van der Waals surface area contributed by atoms with Crippen LogP contribution in [0.15, 0.2) is 0 Å². The molecule has 3 atom stereocenters. The molecule has 1 aliphatic heterocycles. The molecule has 2 N–H and O–H groups in total. The van der Waals surface area contributed by atoms with Gasteiger partial charge in [-0.15, -0.1) is 0 Å². The molecule has 0 aromatic heterocycles. The molecular formula is C15H29N3O3. The van der Waals surface area contributed by atoms with E-state index in [9.17, 15) is 14.7 Å². The molecule has 122 valence electrons. The van der Waals surface area contributed by atoms with Crippen molar-refractivity contribution in [3.05, 3.63) is 0 Å². The van der Waals surface area contributed by atoms with Crippen molar-refractivity contribution in [3.63, 3.8) is 0 Å². The van der Waals surface area contributed by atoms with Crippen LogP contribution in [0.3, 0.4) is 0 Å². The van der Waals surface area contributed by atoms with Crippen LogP contribution in [0.4, 0.5) is 0 Å². The summed E-state index contributed by atoms with van der Waals surface area (Å²) in [5.41, 5.74) is -0.526. The maximum Gasteiger partial charge on any atom is 0.245 e. The number of likely N-dealkylation sites (N-methyl/N-ethyl adjacent to an activating group) is 1. The van der Waals surface area contributed by atoms with Gasteiger partial charge in [0, 0.05) is 24.5 Å². The van der Waals surface area contributed by atoms with Crippen LogP contribution in [-0.4, -0.2) is 72.1 Å². The number of carbonyl (C=O) groups excluding carboxylic acids is 2. The van der Waals surface area contributed by atoms with Crippen molar-refractivity contribution < 1.29 is 14.7 Å². The zero-order valence-corrected chi connectivity index (χ0v) is 14.0. The van der Waals surface area contributed by atoms with Crippen molar-refractivity contribution in [3.8, 4) is 0 Å². The number of β-amino-alcohol motifs (C(OH)–C–C–N with tert-alkyl or cyclic N) is 1. The van der Waals surface area contributed by atoms with Crippen molar-refractivity contribution in [2.24, 2.45) is 5.41 Å². The van der Waals surface area contributed by atoms with E-state index < -0.39 is 17.6 Å². The predicted molar refractivity (Wildman–Crippen MR) is 81.7 cm³/mol. The van der Waals surface area contributed by atoms with Crippen LogP contribution in [0.2, 0.25) is 0 Å². The number of hydrogen-bond donors (Lipinski definition) is 2. The van der Waals surface area contributed by atoms with Gasteiger partial charge >= 0.3 is 0 Å². The summed E-state index contributed by atoms with van der Waals surface area (Å²) in [6, 6.07) is -0.580. The fourth-order valence-electron chi connectivity index (χ4n) is 2.48. The van der Waals surface area contributed by atoms with E-state index in [0.717, 1.165) is 0 Å². The standard InChI is InChI=1S/C15H29N3O3/c1-10(16-14(21)15(2,3)4)13(20)18-9-12(19)7-11(18)8-17(5)6/h10-12,19H,7-9H2,1-6H3,(H,16,21). The molecule has 6 nitrogen and oxygen atoms in total. The minimum atomic E-state index is -0.577. The van der Waals surface area contributed by atoms with Gasteiger partial charge in [-0.3, -0.25) is 9.59 Å². The molecule has 1 fully saturated rings. The van der Waals surface area contributed by atoms with Crippen LogP contribution in [0.1, 0.15) is 34.1 Å². The average molecular weight is 299 g/mol. The van der Waals surface area contributed by atoms with Gasteiger partial charge in [0.2, 0.25) is 11.8 Å². The zero-order valence-electron chi connectivity index (χ0n) is 14.0. The van der Waals surface area contributed by atoms with E-state index in [0.29, 0.717) is 19.5 Å². The largest absolute Gasteiger partial charge is 0.391 e. The second-order valence-corrected chi connectivity index (χ2v) is 7.24. The quantitative estimate of drug-likeness (QED) is 0.770. The Morgan fingerprint density at radius 1 is 1.38 bits per heavy atom. The highest BCUT2D eigenvalue weighted by Crippen LogP contribution is 2.20. The lowest BCUT2D eigenvalue weighted by atomic mass is 9.95. The van der Waals surface area contributed by atoms with E-state index in [-0.39, 0.29) is 17.9 Å². The van der Waals surface area contributed by atoms with Gasteiger partial charge in [0.1, 0.15) is 6.04 Å². The van der Waals surface area contributed by atoms with E-state index >= 15 is 0 Å². The van der Waals surface area contributed by atoms with Gasteiger partial charge < -0.3 is 20.2 Å². The van der Waals surface area contributed by atoms with Crippen LogP contribution in [0, 0.1) is 5.41 Å². The summed E-state index contributed by atoms with van der Waals surface area (Å²) in [7, 11) is 3.89. The lowest BCUT2D eigenvalue weighted by Gasteiger charge is -2.30. The van der Waals surface area contributed by atoms with Crippen molar-refractivity contribution >= 4 is 11.8 Å². The molecule has 21 heavy (non-hydrogen) atoms. The first-order valence-corrected chi connectivity index (χ1v) is 7.46. The summed E-state index contributed by atoms with van der Waals surface area (Å²) in [6.45, 7) is 8.19. The number of carbonyl (C=O) groups is 2. The van der Waals surface area contributed by atoms with E-state index in [4.69, 9.17) is 0 Å². The second-order valence-electron chi connectivity index (χ2n) is 7.24. The summed E-state index contributed by atoms with van der Waals surface area (Å²) >= 11 is 0. The molecule has 1 saturated heterocycles. The molecule has 0 bridgehead atoms. The van der Waals surface area contributed by atoms with Crippen LogP contribution < -0.4 is 5.32 Å². The van der Waals surface area contributed by atoms with Crippen LogP contribution in [-0.2, 0) is 9.59 Å². The highest BCUT2D eigenvalue weighted by Gasteiger charge is 2.37. The number of likely N-dealkylation sites (tertiary alicyclic amines) is 1. The number of aliphatic hydroxyl groups is 1. The minimum absolute atomic E-state index is 0.00325. The van der Waals surface area contributed by atoms with Crippen LogP contribution in [0.25, 0.3) is 0 Å². The van der Waals surface area contributed by atoms with Crippen LogP contribution >= 0.6 is 0 Å². The lowest BCUT2D eigenvalue weighted by molar-refractivity contribution is -0.139. The van der Waals surface area contributed by atoms with E-state index in [2.05, 4.69) is 5.32 Å². The molecule has 0 aromatic rings. The molecule has 3 unspecified atom stereocenters. The van der Waals surface area contributed by atoms with Crippen LogP contribution in [0.5, 0.6) is 0 Å². The minimum Gasteiger partial charge on any atom is -0.391 e. The van der Waals surface area contributed by atoms with E-state index in [1.54, 1.807) is 11.8 Å². The monoisotopic (exact) mass is 299 g/mol. The molecule has 1 aliphatic rings. The zero-order chi connectivity index (χ0) is 16.4. The van der Waals surface area contributed by atoms with Crippen molar-refractivity contribution in [2.75, 3.05) is 27.2 Å². The normalized spacial score (nSPS) is 24.3. The smallest absolute Gasteiger partial charge is 0.245 e. The maximum atomic E-state index is 12.5. The molecule has 0 spiro atoms. The SMILES string of the molecule is CC(NC(=O)C(C)(C)C)C(=O)N1CC(O)CC1CN(C)C. The molecule has 6 heteroatoms. The van der Waals surface area contributed by atoms with Crippen molar-refractivity contribution in [1.29, 1.82) is 0 Å². The first-order chi connectivity index (χ1) is 9.52. The molecule has 1 rings (SSSR count). The molecule has 2 amide bonds. The Morgan fingerprint density at radius 3 is 2.43 bits per heavy atom. The lowest BCUT2D eigenvalue weighted by Crippen LogP contribution is -2.52. The maximum absolute atomic E-state index is 12.5. The first-order valence-electron chi connectivity index (χ1n) is 7.46. The van der Waals surface area contributed by atoms with Gasteiger partial charge in [0.25, 0.3) is 0 Å². The number of amides is 2. The Hall–Kier alpha value is -1.14. The molecule has 0 saturated carbocycles. The third-order valence-corrected chi connectivity index (χ3v) is 3.65. The van der Waals surface area contributed by atoms with Gasteiger partial charge in [0.15, 0.2) is 0 Å². The Bertz CT molecular complexity index is 390. The van der Waals surface area contributed by atoms with Gasteiger partial charge in [-0.2, -0.15) is 0 Å². The molecule has 0 aromatic carbocycles. The fraction of sp³-hybridized carbons (Fsp3) is 0.867. The Morgan fingerprint density at radius 2 is 1.95 bits per heavy atom. The third kappa shape index (κ3) is 4.97. The highest BCUT2D eigenvalue weighted by molar-refractivity contribution is 5.89. The summed E-state index contributed by atoms with van der Waals surface area (Å²) in [6.07, 6.45) is 0.105. The van der Waals surface area contributed by atoms with Crippen molar-refractivity contribution in [1.82, 2.24) is 15.1 Å². The molecule has 1 heterocycles. The molecule has 0 aliphatic carbocycles. The molecular weight excluding hydrogens is 270 g/mol. The predicted octanol–water partition coefficient (Wildman–Crippen LogP) is 0.0606. The Balaban J connectivity index is 2.69. The van der Waals surface area contributed by atoms with Gasteiger partial charge in [-0.1, -0.05) is 20.8 Å². The number of nitrogens with zero attached hydrogens (tertiary/aromatic N) is 2. The highest BCUT2D eigenvalue weighted by atomic mass is 16.3. The molecule has 0 radical (unpaired) electrons. The van der Waals surface area contributed by atoms with E-state index in [1.807, 2.05) is 39.8 Å². The van der Waals surface area contributed by atoms with Gasteiger partial charge in [0.05, 0.1) is 6.10 Å². The van der Waals surface area contributed by atoms with Crippen molar-refractivity contribution in [2.45, 2.75) is 52.3 Å². The Kier molecular flexibility index (Phi) is 5.75. The number of nitrogens with one attached hydrogen (secondary N) is 1. The summed E-state index contributed by atoms with van der Waals surface area (Å²) in [5.74, 6) is -0.275. The first kappa shape index (κ1) is 17.9. The van der Waals surface area contributed by atoms with E-state index in [1.165, 1.54) is 0 Å². The second kappa shape index (κ2) is 6.75. The Labute approximate surface area is 127 Å². The number of rotatable bonds is 4. The van der Waals surface area contributed by atoms with Gasteiger partial charge in [-0.25, -0.2) is 0 Å². The average Bonchev–Trinajstić information content (AvgIpc) is 2.66. The number of hydrogen-bond acceptors (Lipinski definition) is 4. The number of aliphatic hydroxyl groups excluding tert-OH is 1. The fourth-order valence-corrected chi connectivity index (χ4v) is 2.48. The third-order valence-electron chi connectivity index (χ3n) is 3.65.